The average molecular weight is 266 g/mol. The Hall–Kier alpha value is -1.46. The van der Waals surface area contributed by atoms with E-state index in [2.05, 4.69) is 6.58 Å². The SMILES string of the molecule is C=C[C@@H]1C[C@@H]2C(C(=O)OC)=C[C@H]1C(=O)C2(OC)OC. The molecular formula is C14H18O5. The van der Waals surface area contributed by atoms with Gasteiger partial charge in [-0.05, 0) is 12.3 Å². The van der Waals surface area contributed by atoms with Crippen molar-refractivity contribution in [3.05, 3.63) is 24.3 Å². The highest BCUT2D eigenvalue weighted by atomic mass is 16.7. The molecule has 0 aromatic carbocycles. The fraction of sp³-hybridized carbons (Fsp3) is 0.571. The molecular weight excluding hydrogens is 248 g/mol. The molecule has 0 saturated heterocycles. The van der Waals surface area contributed by atoms with Crippen LogP contribution in [-0.2, 0) is 23.8 Å². The van der Waals surface area contributed by atoms with E-state index in [0.29, 0.717) is 12.0 Å². The number of hydrogen-bond acceptors (Lipinski definition) is 5. The zero-order chi connectivity index (χ0) is 14.2. The lowest BCUT2D eigenvalue weighted by molar-refractivity contribution is -0.240. The summed E-state index contributed by atoms with van der Waals surface area (Å²) in [6.45, 7) is 3.75. The third kappa shape index (κ3) is 1.76. The van der Waals surface area contributed by atoms with Gasteiger partial charge < -0.3 is 14.2 Å². The summed E-state index contributed by atoms with van der Waals surface area (Å²) in [6, 6.07) is 0. The summed E-state index contributed by atoms with van der Waals surface area (Å²) < 4.78 is 15.4. The Morgan fingerprint density at radius 1 is 1.42 bits per heavy atom. The summed E-state index contributed by atoms with van der Waals surface area (Å²) in [5, 5.41) is 0. The van der Waals surface area contributed by atoms with Gasteiger partial charge in [-0.25, -0.2) is 4.79 Å². The van der Waals surface area contributed by atoms with Crippen molar-refractivity contribution in [1.29, 1.82) is 0 Å². The van der Waals surface area contributed by atoms with Crippen LogP contribution in [0, 0.1) is 17.8 Å². The molecule has 0 unspecified atom stereocenters. The normalized spacial score (nSPS) is 31.8. The van der Waals surface area contributed by atoms with Gasteiger partial charge in [0.1, 0.15) is 0 Å². The minimum atomic E-state index is -1.39. The fourth-order valence-electron chi connectivity index (χ4n) is 3.15. The molecule has 104 valence electrons. The van der Waals surface area contributed by atoms with Crippen molar-refractivity contribution in [3.8, 4) is 0 Å². The highest BCUT2D eigenvalue weighted by molar-refractivity contribution is 6.00. The molecule has 0 N–H and O–H groups in total. The average Bonchev–Trinajstić information content (AvgIpc) is 2.47. The molecule has 3 aliphatic carbocycles. The maximum Gasteiger partial charge on any atom is 0.333 e. The molecule has 3 aliphatic rings. The summed E-state index contributed by atoms with van der Waals surface area (Å²) >= 11 is 0. The molecule has 0 heterocycles. The van der Waals surface area contributed by atoms with Gasteiger partial charge in [0.25, 0.3) is 0 Å². The number of carbonyl (C=O) groups is 2. The predicted octanol–water partition coefficient (Wildman–Crippen LogP) is 1.10. The largest absolute Gasteiger partial charge is 0.466 e. The Balaban J connectivity index is 2.52. The van der Waals surface area contributed by atoms with E-state index in [-0.39, 0.29) is 11.7 Å². The molecule has 3 atom stereocenters. The number of Topliss-reactive ketones (excluding diaryl/α,β-unsaturated/α-hetero) is 1. The lowest BCUT2D eigenvalue weighted by Gasteiger charge is -2.49. The number of allylic oxidation sites excluding steroid dienone is 2. The molecule has 0 aromatic rings. The number of esters is 1. The Morgan fingerprint density at radius 3 is 2.53 bits per heavy atom. The lowest BCUT2D eigenvalue weighted by Crippen LogP contribution is -2.61. The molecule has 0 radical (unpaired) electrons. The maximum atomic E-state index is 12.5. The first-order valence-electron chi connectivity index (χ1n) is 6.12. The zero-order valence-corrected chi connectivity index (χ0v) is 11.3. The quantitative estimate of drug-likeness (QED) is 0.433. The van der Waals surface area contributed by atoms with Gasteiger partial charge in [0, 0.05) is 25.7 Å². The monoisotopic (exact) mass is 266 g/mol. The summed E-state index contributed by atoms with van der Waals surface area (Å²) in [6.07, 6.45) is 4.00. The first kappa shape index (κ1) is 14.0. The van der Waals surface area contributed by atoms with Crippen molar-refractivity contribution in [2.75, 3.05) is 21.3 Å². The maximum absolute atomic E-state index is 12.5. The van der Waals surface area contributed by atoms with Gasteiger partial charge in [-0.2, -0.15) is 0 Å². The number of ketones is 1. The summed E-state index contributed by atoms with van der Waals surface area (Å²) in [5.41, 5.74) is 0.453. The zero-order valence-electron chi connectivity index (χ0n) is 11.3. The van der Waals surface area contributed by atoms with Crippen LogP contribution in [0.25, 0.3) is 0 Å². The van der Waals surface area contributed by atoms with Crippen LogP contribution >= 0.6 is 0 Å². The van der Waals surface area contributed by atoms with Crippen molar-refractivity contribution in [2.45, 2.75) is 12.2 Å². The Bertz CT molecular complexity index is 447. The van der Waals surface area contributed by atoms with E-state index in [0.717, 1.165) is 0 Å². The molecule has 0 aromatic heterocycles. The predicted molar refractivity (Wildman–Crippen MR) is 67.1 cm³/mol. The Morgan fingerprint density at radius 2 is 2.05 bits per heavy atom. The standard InChI is InChI=1S/C14H18O5/c1-5-8-6-11-10(13(16)17-2)7-9(8)12(15)14(11,18-3)19-4/h5,7-9,11H,1,6H2,2-4H3/t8-,9-,11-/m1/s1. The number of ether oxygens (including phenoxy) is 3. The van der Waals surface area contributed by atoms with Crippen LogP contribution in [-0.4, -0.2) is 38.9 Å². The smallest absolute Gasteiger partial charge is 0.333 e. The van der Waals surface area contributed by atoms with Gasteiger partial charge in [0.05, 0.1) is 13.0 Å². The van der Waals surface area contributed by atoms with Crippen LogP contribution in [0.2, 0.25) is 0 Å². The van der Waals surface area contributed by atoms with E-state index >= 15 is 0 Å². The van der Waals surface area contributed by atoms with Crippen molar-refractivity contribution >= 4 is 11.8 Å². The van der Waals surface area contributed by atoms with Gasteiger partial charge in [0.15, 0.2) is 5.78 Å². The highest BCUT2D eigenvalue weighted by Crippen LogP contribution is 2.50. The minimum Gasteiger partial charge on any atom is -0.466 e. The number of carbonyl (C=O) groups excluding carboxylic acids is 2. The van der Waals surface area contributed by atoms with E-state index in [4.69, 9.17) is 14.2 Å². The molecule has 0 aliphatic heterocycles. The van der Waals surface area contributed by atoms with Gasteiger partial charge in [0.2, 0.25) is 5.79 Å². The first-order chi connectivity index (χ1) is 9.05. The molecule has 5 nitrogen and oxygen atoms in total. The molecule has 2 bridgehead atoms. The molecule has 0 amide bonds. The van der Waals surface area contributed by atoms with Crippen LogP contribution in [0.5, 0.6) is 0 Å². The van der Waals surface area contributed by atoms with Gasteiger partial charge in [-0.1, -0.05) is 12.2 Å². The van der Waals surface area contributed by atoms with Crippen LogP contribution < -0.4 is 0 Å². The molecule has 1 fully saturated rings. The summed E-state index contributed by atoms with van der Waals surface area (Å²) in [5.74, 6) is -2.89. The van der Waals surface area contributed by atoms with Crippen molar-refractivity contribution in [3.63, 3.8) is 0 Å². The lowest BCUT2D eigenvalue weighted by atomic mass is 9.61. The summed E-state index contributed by atoms with van der Waals surface area (Å²) in [4.78, 5) is 24.3. The molecule has 5 heteroatoms. The first-order valence-corrected chi connectivity index (χ1v) is 6.12. The second kappa shape index (κ2) is 4.90. The Kier molecular flexibility index (Phi) is 3.60. The third-order valence-electron chi connectivity index (χ3n) is 4.14. The third-order valence-corrected chi connectivity index (χ3v) is 4.14. The van der Waals surface area contributed by atoms with Gasteiger partial charge in [-0.15, -0.1) is 6.58 Å². The van der Waals surface area contributed by atoms with Crippen molar-refractivity contribution in [2.24, 2.45) is 17.8 Å². The number of rotatable bonds is 4. The molecule has 0 spiro atoms. The van der Waals surface area contributed by atoms with Crippen LogP contribution in [0.15, 0.2) is 24.3 Å². The second-order valence-electron chi connectivity index (χ2n) is 4.77. The van der Waals surface area contributed by atoms with Crippen LogP contribution in [0.4, 0.5) is 0 Å². The highest BCUT2D eigenvalue weighted by Gasteiger charge is 2.60. The van der Waals surface area contributed by atoms with E-state index in [1.165, 1.54) is 21.3 Å². The van der Waals surface area contributed by atoms with E-state index in [1.54, 1.807) is 12.2 Å². The minimum absolute atomic E-state index is 0.00401. The summed E-state index contributed by atoms with van der Waals surface area (Å²) in [7, 11) is 4.15. The molecule has 3 rings (SSSR count). The molecule has 19 heavy (non-hydrogen) atoms. The topological polar surface area (TPSA) is 61.8 Å². The van der Waals surface area contributed by atoms with Crippen LogP contribution in [0.3, 0.4) is 0 Å². The van der Waals surface area contributed by atoms with Gasteiger partial charge >= 0.3 is 5.97 Å². The number of hydrogen-bond donors (Lipinski definition) is 0. The fourth-order valence-corrected chi connectivity index (χ4v) is 3.15. The van der Waals surface area contributed by atoms with E-state index in [9.17, 15) is 9.59 Å². The number of fused-ring (bicyclic) bond motifs is 2. The van der Waals surface area contributed by atoms with Crippen LogP contribution in [0.1, 0.15) is 6.42 Å². The van der Waals surface area contributed by atoms with E-state index < -0.39 is 23.6 Å². The number of methoxy groups -OCH3 is 3. The molecule has 1 saturated carbocycles. The van der Waals surface area contributed by atoms with Crippen molar-refractivity contribution in [1.82, 2.24) is 0 Å². The Labute approximate surface area is 112 Å². The second-order valence-corrected chi connectivity index (χ2v) is 4.77. The van der Waals surface area contributed by atoms with Crippen molar-refractivity contribution < 1.29 is 23.8 Å². The van der Waals surface area contributed by atoms with E-state index in [1.807, 2.05) is 0 Å². The van der Waals surface area contributed by atoms with Gasteiger partial charge in [-0.3, -0.25) is 4.79 Å².